The molecular formula is C12H13NO2. The quantitative estimate of drug-likeness (QED) is 0.740. The Morgan fingerprint density at radius 3 is 2.47 bits per heavy atom. The minimum absolute atomic E-state index is 0.0715. The van der Waals surface area contributed by atoms with Crippen LogP contribution in [0.1, 0.15) is 35.2 Å². The Morgan fingerprint density at radius 2 is 2.00 bits per heavy atom. The van der Waals surface area contributed by atoms with Crippen molar-refractivity contribution in [3.05, 3.63) is 35.4 Å². The lowest BCUT2D eigenvalue weighted by Crippen LogP contribution is -2.13. The number of ketones is 1. The van der Waals surface area contributed by atoms with Gasteiger partial charge in [-0.05, 0) is 12.5 Å². The Hall–Kier alpha value is -1.64. The van der Waals surface area contributed by atoms with E-state index in [4.69, 9.17) is 0 Å². The lowest BCUT2D eigenvalue weighted by atomic mass is 9.97. The highest BCUT2D eigenvalue weighted by molar-refractivity contribution is 5.94. The molecule has 1 aromatic carbocycles. The van der Waals surface area contributed by atoms with Crippen molar-refractivity contribution in [2.24, 2.45) is 0 Å². The highest BCUT2D eigenvalue weighted by atomic mass is 16.1. The summed E-state index contributed by atoms with van der Waals surface area (Å²) < 4.78 is 0. The standard InChI is InChI=1S/C12H13NO2/c1-8(14)9-2-4-10(5-3-9)11-6-12(15)13-7-11/h2-5,11H,6-7H2,1H3,(H,13,15)/t11-/m0/s1. The summed E-state index contributed by atoms with van der Waals surface area (Å²) >= 11 is 0. The first kappa shape index (κ1) is 9.90. The zero-order chi connectivity index (χ0) is 10.8. The van der Waals surface area contributed by atoms with Gasteiger partial charge in [0.1, 0.15) is 0 Å². The molecule has 1 saturated heterocycles. The zero-order valence-corrected chi connectivity index (χ0v) is 8.62. The minimum Gasteiger partial charge on any atom is -0.355 e. The summed E-state index contributed by atoms with van der Waals surface area (Å²) in [6.45, 7) is 2.26. The van der Waals surface area contributed by atoms with Gasteiger partial charge in [-0.1, -0.05) is 24.3 Å². The van der Waals surface area contributed by atoms with Crippen LogP contribution < -0.4 is 5.32 Å². The van der Waals surface area contributed by atoms with Crippen LogP contribution in [0.4, 0.5) is 0 Å². The van der Waals surface area contributed by atoms with Gasteiger partial charge in [0.2, 0.25) is 5.91 Å². The van der Waals surface area contributed by atoms with Crippen LogP contribution in [0.2, 0.25) is 0 Å². The number of nitrogens with one attached hydrogen (secondary N) is 1. The third-order valence-electron chi connectivity index (χ3n) is 2.77. The Balaban J connectivity index is 2.17. The van der Waals surface area contributed by atoms with Gasteiger partial charge in [0.15, 0.2) is 5.78 Å². The molecule has 1 atom stereocenters. The van der Waals surface area contributed by atoms with Gasteiger partial charge < -0.3 is 5.32 Å². The van der Waals surface area contributed by atoms with Gasteiger partial charge in [0.05, 0.1) is 0 Å². The van der Waals surface area contributed by atoms with Crippen LogP contribution in [-0.2, 0) is 4.79 Å². The van der Waals surface area contributed by atoms with Crippen LogP contribution in [0.25, 0.3) is 0 Å². The van der Waals surface area contributed by atoms with Crippen molar-refractivity contribution in [3.8, 4) is 0 Å². The topological polar surface area (TPSA) is 46.2 Å². The molecule has 0 aliphatic carbocycles. The van der Waals surface area contributed by atoms with Crippen molar-refractivity contribution in [2.75, 3.05) is 6.54 Å². The van der Waals surface area contributed by atoms with E-state index in [9.17, 15) is 9.59 Å². The summed E-state index contributed by atoms with van der Waals surface area (Å²) in [4.78, 5) is 22.1. The third kappa shape index (κ3) is 2.06. The number of carbonyl (C=O) groups excluding carboxylic acids is 2. The number of carbonyl (C=O) groups is 2. The van der Waals surface area contributed by atoms with E-state index >= 15 is 0 Å². The van der Waals surface area contributed by atoms with Crippen molar-refractivity contribution in [3.63, 3.8) is 0 Å². The molecule has 0 saturated carbocycles. The van der Waals surface area contributed by atoms with Crippen molar-refractivity contribution >= 4 is 11.7 Å². The lowest BCUT2D eigenvalue weighted by Gasteiger charge is -2.07. The van der Waals surface area contributed by atoms with Gasteiger partial charge in [0.25, 0.3) is 0 Å². The molecule has 3 heteroatoms. The van der Waals surface area contributed by atoms with E-state index in [1.54, 1.807) is 6.92 Å². The fourth-order valence-electron chi connectivity index (χ4n) is 1.83. The number of hydrogen-bond donors (Lipinski definition) is 1. The smallest absolute Gasteiger partial charge is 0.220 e. The van der Waals surface area contributed by atoms with Gasteiger partial charge in [-0.3, -0.25) is 9.59 Å². The molecule has 1 heterocycles. The second-order valence-electron chi connectivity index (χ2n) is 3.88. The van der Waals surface area contributed by atoms with E-state index in [2.05, 4.69) is 5.32 Å². The van der Waals surface area contributed by atoms with Gasteiger partial charge >= 0.3 is 0 Å². The molecule has 0 spiro atoms. The van der Waals surface area contributed by atoms with Gasteiger partial charge in [0, 0.05) is 24.4 Å². The second kappa shape index (κ2) is 3.85. The summed E-state index contributed by atoms with van der Waals surface area (Å²) in [5.41, 5.74) is 1.84. The first-order chi connectivity index (χ1) is 7.16. The molecule has 0 aromatic heterocycles. The molecule has 78 valence electrons. The molecule has 15 heavy (non-hydrogen) atoms. The number of benzene rings is 1. The highest BCUT2D eigenvalue weighted by Gasteiger charge is 2.22. The van der Waals surface area contributed by atoms with Crippen LogP contribution in [0.15, 0.2) is 24.3 Å². The van der Waals surface area contributed by atoms with E-state index < -0.39 is 0 Å². The Kier molecular flexibility index (Phi) is 2.54. The van der Waals surface area contributed by atoms with E-state index in [-0.39, 0.29) is 17.6 Å². The van der Waals surface area contributed by atoms with E-state index in [1.165, 1.54) is 0 Å². The Bertz CT molecular complexity index is 395. The zero-order valence-electron chi connectivity index (χ0n) is 8.62. The fourth-order valence-corrected chi connectivity index (χ4v) is 1.83. The van der Waals surface area contributed by atoms with E-state index in [0.29, 0.717) is 13.0 Å². The number of rotatable bonds is 2. The van der Waals surface area contributed by atoms with Gasteiger partial charge in [-0.2, -0.15) is 0 Å². The fraction of sp³-hybridized carbons (Fsp3) is 0.333. The van der Waals surface area contributed by atoms with Crippen LogP contribution in [-0.4, -0.2) is 18.2 Å². The molecule has 3 nitrogen and oxygen atoms in total. The predicted octanol–water partition coefficient (Wildman–Crippen LogP) is 1.49. The Labute approximate surface area is 88.5 Å². The van der Waals surface area contributed by atoms with Gasteiger partial charge in [-0.25, -0.2) is 0 Å². The summed E-state index contributed by atoms with van der Waals surface area (Å²) in [6, 6.07) is 7.50. The van der Waals surface area contributed by atoms with E-state index in [1.807, 2.05) is 24.3 Å². The largest absolute Gasteiger partial charge is 0.355 e. The third-order valence-corrected chi connectivity index (χ3v) is 2.77. The maximum atomic E-state index is 11.1. The first-order valence-electron chi connectivity index (χ1n) is 5.04. The Morgan fingerprint density at radius 1 is 1.33 bits per heavy atom. The summed E-state index contributed by atoms with van der Waals surface area (Å²) in [6.07, 6.45) is 0.555. The second-order valence-corrected chi connectivity index (χ2v) is 3.88. The molecule has 0 unspecified atom stereocenters. The normalized spacial score (nSPS) is 20.1. The summed E-state index contributed by atoms with van der Waals surface area (Å²) in [5, 5.41) is 2.80. The van der Waals surface area contributed by atoms with Gasteiger partial charge in [-0.15, -0.1) is 0 Å². The molecular weight excluding hydrogens is 190 g/mol. The van der Waals surface area contributed by atoms with Crippen LogP contribution in [0, 0.1) is 0 Å². The predicted molar refractivity (Wildman–Crippen MR) is 56.8 cm³/mol. The molecule has 0 radical (unpaired) electrons. The molecule has 1 N–H and O–H groups in total. The first-order valence-corrected chi connectivity index (χ1v) is 5.04. The van der Waals surface area contributed by atoms with Crippen molar-refractivity contribution in [1.82, 2.24) is 5.32 Å². The van der Waals surface area contributed by atoms with Crippen LogP contribution in [0.3, 0.4) is 0 Å². The maximum absolute atomic E-state index is 11.1. The monoisotopic (exact) mass is 203 g/mol. The number of Topliss-reactive ketones (excluding diaryl/α,β-unsaturated/α-hetero) is 1. The summed E-state index contributed by atoms with van der Waals surface area (Å²) in [5.74, 6) is 0.441. The molecule has 1 aliphatic rings. The maximum Gasteiger partial charge on any atom is 0.220 e. The number of hydrogen-bond acceptors (Lipinski definition) is 2. The van der Waals surface area contributed by atoms with Crippen LogP contribution in [0.5, 0.6) is 0 Å². The van der Waals surface area contributed by atoms with E-state index in [0.717, 1.165) is 11.1 Å². The van der Waals surface area contributed by atoms with Crippen LogP contribution >= 0.6 is 0 Å². The molecule has 2 rings (SSSR count). The average Bonchev–Trinajstić information content (AvgIpc) is 2.65. The summed E-state index contributed by atoms with van der Waals surface area (Å²) in [7, 11) is 0. The highest BCUT2D eigenvalue weighted by Crippen LogP contribution is 2.23. The van der Waals surface area contributed by atoms with Crippen molar-refractivity contribution in [1.29, 1.82) is 0 Å². The molecule has 1 fully saturated rings. The average molecular weight is 203 g/mol. The molecule has 0 bridgehead atoms. The van der Waals surface area contributed by atoms with Crippen molar-refractivity contribution < 1.29 is 9.59 Å². The lowest BCUT2D eigenvalue weighted by molar-refractivity contribution is -0.119. The molecule has 1 aromatic rings. The SMILES string of the molecule is CC(=O)c1ccc([C@@H]2CNC(=O)C2)cc1. The molecule has 1 aliphatic heterocycles. The molecule has 1 amide bonds. The van der Waals surface area contributed by atoms with Crippen molar-refractivity contribution in [2.45, 2.75) is 19.3 Å². The number of amides is 1. The minimum atomic E-state index is 0.0715.